The fraction of sp³-hybridized carbons (Fsp3) is 0.900. The molecule has 0 aromatic carbocycles. The Morgan fingerprint density at radius 1 is 0.729 bits per heavy atom. The van der Waals surface area contributed by atoms with Crippen LogP contribution in [0.3, 0.4) is 0 Å². The van der Waals surface area contributed by atoms with Gasteiger partial charge in [0.25, 0.3) is 0 Å². The van der Waals surface area contributed by atoms with Crippen LogP contribution < -0.4 is 10.6 Å². The second kappa shape index (κ2) is 22.1. The van der Waals surface area contributed by atoms with Crippen molar-refractivity contribution in [2.24, 2.45) is 46.3 Å². The number of rotatable bonds is 20. The van der Waals surface area contributed by atoms with E-state index in [-0.39, 0.29) is 29.8 Å². The standard InChI is InChI=1S/C50H89N3O6/c1-36(2)21-20-22-37(3)41-25-26-42-40-24-23-38-35-39(27-29-49(38,10)43(40)28-30-50(41,42)11)57-46(56)53(33-18-14-12-16-31-51-44(54)58-47(4,5)6)34-19-15-13-17-32-52-45(55)59-48(7,8)9/h23,36-37,39-43H,12-22,24-35H2,1-11H3,(H,51,54)(H,52,55)/t37?,39-,40-,41+,42-,43-,49-,50+/m0/s1. The van der Waals surface area contributed by atoms with Gasteiger partial charge >= 0.3 is 18.3 Å². The van der Waals surface area contributed by atoms with E-state index in [0.29, 0.717) is 31.6 Å². The summed E-state index contributed by atoms with van der Waals surface area (Å²) >= 11 is 0. The molecule has 4 rings (SSSR count). The van der Waals surface area contributed by atoms with Gasteiger partial charge in [-0.3, -0.25) is 0 Å². The van der Waals surface area contributed by atoms with Crippen LogP contribution in [0.2, 0.25) is 0 Å². The number of carbonyl (C=O) groups excluding carboxylic acids is 3. The summed E-state index contributed by atoms with van der Waals surface area (Å²) in [4.78, 5) is 39.8. The molecule has 0 spiro atoms. The van der Waals surface area contributed by atoms with Crippen LogP contribution in [-0.2, 0) is 14.2 Å². The average molecular weight is 828 g/mol. The molecule has 0 aliphatic heterocycles. The normalized spacial score (nSPS) is 28.4. The highest BCUT2D eigenvalue weighted by molar-refractivity contribution is 5.68. The first-order valence-electron chi connectivity index (χ1n) is 24.3. The minimum absolute atomic E-state index is 0.0601. The fourth-order valence-corrected chi connectivity index (χ4v) is 11.8. The maximum absolute atomic E-state index is 13.9. The molecule has 0 radical (unpaired) electrons. The molecule has 3 fully saturated rings. The zero-order valence-electron chi connectivity index (χ0n) is 39.8. The van der Waals surface area contributed by atoms with Gasteiger partial charge in [-0.15, -0.1) is 0 Å². The van der Waals surface area contributed by atoms with Crippen molar-refractivity contribution >= 4 is 18.3 Å². The Hall–Kier alpha value is -2.45. The van der Waals surface area contributed by atoms with Gasteiger partial charge in [0, 0.05) is 32.6 Å². The van der Waals surface area contributed by atoms with Crippen molar-refractivity contribution in [3.8, 4) is 0 Å². The second-order valence-corrected chi connectivity index (χ2v) is 22.2. The lowest BCUT2D eigenvalue weighted by atomic mass is 9.47. The predicted molar refractivity (Wildman–Crippen MR) is 240 cm³/mol. The second-order valence-electron chi connectivity index (χ2n) is 22.2. The van der Waals surface area contributed by atoms with E-state index in [1.165, 1.54) is 51.4 Å². The third-order valence-electron chi connectivity index (χ3n) is 14.8. The number of alkyl carbamates (subject to hydrolysis) is 2. The molecule has 8 atom stereocenters. The van der Waals surface area contributed by atoms with Crippen molar-refractivity contribution in [3.63, 3.8) is 0 Å². The SMILES string of the molecule is CC(C)CCCC(C)[C@H]1CC[C@H]2[C@@H]3CC=C4C[C@@H](OC(=O)N(CCCCCCNC(=O)OC(C)(C)C)CCCCCCNC(=O)OC(C)(C)C)CC[C@]4(C)[C@H]3CC[C@]12C. The van der Waals surface area contributed by atoms with Gasteiger partial charge in [-0.25, -0.2) is 14.4 Å². The maximum atomic E-state index is 13.9. The molecule has 9 heteroatoms. The summed E-state index contributed by atoms with van der Waals surface area (Å²) in [7, 11) is 0. The minimum Gasteiger partial charge on any atom is -0.446 e. The number of amides is 3. The molecular formula is C50H89N3O6. The molecule has 0 bridgehead atoms. The molecule has 4 aliphatic carbocycles. The highest BCUT2D eigenvalue weighted by atomic mass is 16.6. The Morgan fingerprint density at radius 3 is 1.86 bits per heavy atom. The number of carbonyl (C=O) groups is 3. The van der Waals surface area contributed by atoms with E-state index in [9.17, 15) is 14.4 Å². The number of hydrogen-bond acceptors (Lipinski definition) is 6. The van der Waals surface area contributed by atoms with Crippen LogP contribution >= 0.6 is 0 Å². The van der Waals surface area contributed by atoms with E-state index >= 15 is 0 Å². The first-order valence-corrected chi connectivity index (χ1v) is 24.3. The Balaban J connectivity index is 1.28. The van der Waals surface area contributed by atoms with Crippen molar-refractivity contribution in [3.05, 3.63) is 11.6 Å². The number of fused-ring (bicyclic) bond motifs is 5. The number of allylic oxidation sites excluding steroid dienone is 1. The van der Waals surface area contributed by atoms with E-state index in [2.05, 4.69) is 51.3 Å². The molecule has 3 saturated carbocycles. The molecule has 340 valence electrons. The van der Waals surface area contributed by atoms with E-state index in [0.717, 1.165) is 106 Å². The Labute approximate surface area is 361 Å². The molecule has 2 N–H and O–H groups in total. The van der Waals surface area contributed by atoms with E-state index < -0.39 is 11.2 Å². The highest BCUT2D eigenvalue weighted by Crippen LogP contribution is 2.67. The molecule has 0 heterocycles. The summed E-state index contributed by atoms with van der Waals surface area (Å²) in [6, 6.07) is 0. The first-order chi connectivity index (χ1) is 27.7. The number of unbranched alkanes of at least 4 members (excludes halogenated alkanes) is 6. The number of nitrogens with one attached hydrogen (secondary N) is 2. The van der Waals surface area contributed by atoms with Crippen LogP contribution in [-0.4, -0.2) is 66.7 Å². The van der Waals surface area contributed by atoms with Crippen molar-refractivity contribution in [2.45, 2.75) is 215 Å². The smallest absolute Gasteiger partial charge is 0.410 e. The van der Waals surface area contributed by atoms with Gasteiger partial charge in [-0.1, -0.05) is 91.2 Å². The lowest BCUT2D eigenvalue weighted by molar-refractivity contribution is -0.0593. The van der Waals surface area contributed by atoms with E-state index in [1.54, 1.807) is 5.57 Å². The summed E-state index contributed by atoms with van der Waals surface area (Å²) in [6.45, 7) is 26.3. The average Bonchev–Trinajstić information content (AvgIpc) is 3.49. The van der Waals surface area contributed by atoms with Gasteiger partial charge in [0.1, 0.15) is 17.3 Å². The predicted octanol–water partition coefficient (Wildman–Crippen LogP) is 13.0. The monoisotopic (exact) mass is 828 g/mol. The molecule has 0 saturated heterocycles. The van der Waals surface area contributed by atoms with Crippen LogP contribution in [0.5, 0.6) is 0 Å². The van der Waals surface area contributed by atoms with Crippen LogP contribution in [0.1, 0.15) is 198 Å². The maximum Gasteiger partial charge on any atom is 0.410 e. The van der Waals surface area contributed by atoms with Gasteiger partial charge in [0.2, 0.25) is 0 Å². The van der Waals surface area contributed by atoms with E-state index in [4.69, 9.17) is 14.2 Å². The molecule has 1 unspecified atom stereocenters. The molecule has 0 aromatic heterocycles. The Kier molecular flexibility index (Phi) is 18.4. The third kappa shape index (κ3) is 14.9. The van der Waals surface area contributed by atoms with Gasteiger partial charge in [0.05, 0.1) is 0 Å². The van der Waals surface area contributed by atoms with Gasteiger partial charge < -0.3 is 29.7 Å². The molecule has 59 heavy (non-hydrogen) atoms. The Morgan fingerprint density at radius 2 is 1.31 bits per heavy atom. The summed E-state index contributed by atoms with van der Waals surface area (Å²) < 4.78 is 17.1. The summed E-state index contributed by atoms with van der Waals surface area (Å²) in [5.74, 6) is 4.91. The molecule has 9 nitrogen and oxygen atoms in total. The van der Waals surface area contributed by atoms with Crippen LogP contribution in [0.15, 0.2) is 11.6 Å². The topological polar surface area (TPSA) is 106 Å². The highest BCUT2D eigenvalue weighted by Gasteiger charge is 2.59. The quantitative estimate of drug-likeness (QED) is 0.0719. The lowest BCUT2D eigenvalue weighted by Gasteiger charge is -2.58. The number of nitrogens with zero attached hydrogens (tertiary/aromatic N) is 1. The summed E-state index contributed by atoms with van der Waals surface area (Å²) in [6.07, 6.45) is 22.9. The summed E-state index contributed by atoms with van der Waals surface area (Å²) in [5.41, 5.74) is 1.27. The Bertz CT molecular complexity index is 1320. The first kappa shape index (κ1) is 49.2. The fourth-order valence-electron chi connectivity index (χ4n) is 11.8. The van der Waals surface area contributed by atoms with Crippen molar-refractivity contribution in [1.82, 2.24) is 15.5 Å². The third-order valence-corrected chi connectivity index (χ3v) is 14.8. The zero-order valence-corrected chi connectivity index (χ0v) is 39.8. The largest absolute Gasteiger partial charge is 0.446 e. The molecule has 3 amide bonds. The molecule has 4 aliphatic rings. The van der Waals surface area contributed by atoms with Gasteiger partial charge in [-0.05, 0) is 159 Å². The van der Waals surface area contributed by atoms with Gasteiger partial charge in [-0.2, -0.15) is 0 Å². The molecule has 0 aromatic rings. The zero-order chi connectivity index (χ0) is 43.4. The van der Waals surface area contributed by atoms with Crippen LogP contribution in [0.4, 0.5) is 14.4 Å². The van der Waals surface area contributed by atoms with Crippen LogP contribution in [0, 0.1) is 46.3 Å². The minimum atomic E-state index is -0.504. The molecular weight excluding hydrogens is 739 g/mol. The van der Waals surface area contributed by atoms with Crippen LogP contribution in [0.25, 0.3) is 0 Å². The van der Waals surface area contributed by atoms with Crippen molar-refractivity contribution < 1.29 is 28.6 Å². The van der Waals surface area contributed by atoms with Gasteiger partial charge in [0.15, 0.2) is 0 Å². The van der Waals surface area contributed by atoms with E-state index in [1.807, 2.05) is 46.4 Å². The number of hydrogen-bond donors (Lipinski definition) is 2. The number of ether oxygens (including phenoxy) is 3. The van der Waals surface area contributed by atoms with Crippen molar-refractivity contribution in [2.75, 3.05) is 26.2 Å². The lowest BCUT2D eigenvalue weighted by Crippen LogP contribution is -2.51. The van der Waals surface area contributed by atoms with Crippen molar-refractivity contribution in [1.29, 1.82) is 0 Å². The summed E-state index contributed by atoms with van der Waals surface area (Å²) in [5, 5.41) is 5.70.